The summed E-state index contributed by atoms with van der Waals surface area (Å²) in [7, 11) is -1.99. The lowest BCUT2D eigenvalue weighted by atomic mass is 9.99. The Bertz CT molecular complexity index is 815. The fourth-order valence-corrected chi connectivity index (χ4v) is 6.05. The molecule has 0 bridgehead atoms. The van der Waals surface area contributed by atoms with Crippen LogP contribution in [0.2, 0.25) is 18.1 Å². The molecule has 2 rings (SSSR count). The van der Waals surface area contributed by atoms with Gasteiger partial charge < -0.3 is 9.16 Å². The van der Waals surface area contributed by atoms with E-state index < -0.39 is 14.5 Å². The van der Waals surface area contributed by atoms with Gasteiger partial charge in [0.15, 0.2) is 8.32 Å². The van der Waals surface area contributed by atoms with Crippen LogP contribution in [-0.2, 0) is 15.7 Å². The van der Waals surface area contributed by atoms with E-state index in [-0.39, 0.29) is 27.8 Å². The second-order valence-corrected chi connectivity index (χ2v) is 14.3. The fraction of sp³-hybridized carbons (Fsp3) is 0.800. The van der Waals surface area contributed by atoms with Crippen molar-refractivity contribution in [1.29, 1.82) is 0 Å². The Labute approximate surface area is 173 Å². The Kier molecular flexibility index (Phi) is 7.07. The van der Waals surface area contributed by atoms with E-state index in [4.69, 9.17) is 20.8 Å². The number of aryl methyl sites for hydroxylation is 1. The Balaban J connectivity index is 2.17. The SMILES string of the molecule is CCn1c(=O)c(C)cn([C@H]2C[C@H](Cl)[C@@H](CO[Si](C)(C)C(C)(C)C(C)C)O2)c1=O. The summed E-state index contributed by atoms with van der Waals surface area (Å²) in [5, 5.41) is -0.136. The van der Waals surface area contributed by atoms with Gasteiger partial charge in [-0.25, -0.2) is 4.79 Å². The van der Waals surface area contributed by atoms with Crippen molar-refractivity contribution in [1.82, 2.24) is 9.13 Å². The fourth-order valence-electron chi connectivity index (χ4n) is 3.42. The molecule has 160 valence electrons. The highest BCUT2D eigenvalue weighted by Crippen LogP contribution is 2.45. The van der Waals surface area contributed by atoms with Gasteiger partial charge in [0.2, 0.25) is 0 Å². The van der Waals surface area contributed by atoms with Gasteiger partial charge in [0.25, 0.3) is 5.56 Å². The molecule has 0 unspecified atom stereocenters. The minimum Gasteiger partial charge on any atom is -0.414 e. The van der Waals surface area contributed by atoms with Crippen LogP contribution >= 0.6 is 11.6 Å². The van der Waals surface area contributed by atoms with Crippen LogP contribution in [-0.4, -0.2) is 35.5 Å². The maximum atomic E-state index is 12.7. The van der Waals surface area contributed by atoms with Crippen molar-refractivity contribution in [3.8, 4) is 0 Å². The van der Waals surface area contributed by atoms with Crippen LogP contribution in [0.3, 0.4) is 0 Å². The molecule has 1 aliphatic heterocycles. The molecule has 1 aliphatic rings. The minimum absolute atomic E-state index is 0.109. The van der Waals surface area contributed by atoms with Gasteiger partial charge in [0, 0.05) is 24.7 Å². The smallest absolute Gasteiger partial charge is 0.333 e. The second kappa shape index (κ2) is 8.46. The monoisotopic (exact) mass is 430 g/mol. The van der Waals surface area contributed by atoms with Crippen molar-refractivity contribution < 1.29 is 9.16 Å². The normalized spacial score (nSPS) is 23.6. The molecule has 0 amide bonds. The quantitative estimate of drug-likeness (QED) is 0.486. The van der Waals surface area contributed by atoms with Gasteiger partial charge in [-0.05, 0) is 37.9 Å². The molecule has 2 heterocycles. The van der Waals surface area contributed by atoms with E-state index in [0.29, 0.717) is 31.1 Å². The molecular formula is C20H35ClN2O4Si. The van der Waals surface area contributed by atoms with Crippen molar-refractivity contribution in [2.45, 2.75) is 90.3 Å². The number of hydrogen-bond donors (Lipinski definition) is 0. The minimum atomic E-state index is -1.99. The lowest BCUT2D eigenvalue weighted by Gasteiger charge is -2.43. The van der Waals surface area contributed by atoms with Crippen molar-refractivity contribution >= 4 is 19.9 Å². The van der Waals surface area contributed by atoms with Gasteiger partial charge in [0.05, 0.1) is 18.1 Å². The van der Waals surface area contributed by atoms with E-state index in [1.165, 1.54) is 9.13 Å². The standard InChI is InChI=1S/C20H35ClN2O4Si/c1-9-22-18(24)14(4)11-23(19(22)25)17-10-15(21)16(27-17)12-26-28(7,8)20(5,6)13(2)3/h11,13,15-17H,9-10,12H2,1-8H3/t15-,16+,17+/m0/s1. The molecule has 28 heavy (non-hydrogen) atoms. The van der Waals surface area contributed by atoms with Crippen LogP contribution in [0.1, 0.15) is 52.8 Å². The maximum absolute atomic E-state index is 12.7. The average Bonchev–Trinajstić information content (AvgIpc) is 2.97. The van der Waals surface area contributed by atoms with E-state index >= 15 is 0 Å². The number of rotatable bonds is 7. The second-order valence-electron chi connectivity index (χ2n) is 9.13. The topological polar surface area (TPSA) is 62.5 Å². The van der Waals surface area contributed by atoms with Gasteiger partial charge in [0.1, 0.15) is 6.23 Å². The molecular weight excluding hydrogens is 396 g/mol. The van der Waals surface area contributed by atoms with Crippen LogP contribution in [0, 0.1) is 12.8 Å². The van der Waals surface area contributed by atoms with Crippen molar-refractivity contribution in [3.05, 3.63) is 32.6 Å². The third-order valence-corrected chi connectivity index (χ3v) is 11.8. The first-order valence-corrected chi connectivity index (χ1v) is 13.4. The lowest BCUT2D eigenvalue weighted by Crippen LogP contribution is -2.47. The van der Waals surface area contributed by atoms with Gasteiger partial charge in [-0.1, -0.05) is 27.7 Å². The first-order chi connectivity index (χ1) is 12.8. The zero-order valence-corrected chi connectivity index (χ0v) is 20.2. The molecule has 3 atom stereocenters. The summed E-state index contributed by atoms with van der Waals surface area (Å²) < 4.78 is 15.2. The highest BCUT2D eigenvalue weighted by molar-refractivity contribution is 6.74. The lowest BCUT2D eigenvalue weighted by molar-refractivity contribution is -0.0227. The first-order valence-electron chi connectivity index (χ1n) is 10.1. The number of aromatic nitrogens is 2. The molecule has 0 saturated carbocycles. The van der Waals surface area contributed by atoms with Crippen molar-refractivity contribution in [2.24, 2.45) is 5.92 Å². The molecule has 0 N–H and O–H groups in total. The summed E-state index contributed by atoms with van der Waals surface area (Å²) in [4.78, 5) is 24.8. The Morgan fingerprint density at radius 3 is 2.50 bits per heavy atom. The zero-order chi connectivity index (χ0) is 21.4. The van der Waals surface area contributed by atoms with Crippen LogP contribution < -0.4 is 11.2 Å². The summed E-state index contributed by atoms with van der Waals surface area (Å²) in [5.74, 6) is 0.509. The highest BCUT2D eigenvalue weighted by atomic mass is 35.5. The molecule has 1 aromatic rings. The zero-order valence-electron chi connectivity index (χ0n) is 18.4. The van der Waals surface area contributed by atoms with E-state index in [9.17, 15) is 9.59 Å². The van der Waals surface area contributed by atoms with E-state index in [0.717, 1.165) is 0 Å². The Hall–Kier alpha value is -0.893. The summed E-state index contributed by atoms with van der Waals surface area (Å²) in [6, 6.07) is 0. The molecule has 1 saturated heterocycles. The highest BCUT2D eigenvalue weighted by Gasteiger charge is 2.45. The molecule has 0 spiro atoms. The van der Waals surface area contributed by atoms with Gasteiger partial charge in [-0.3, -0.25) is 13.9 Å². The molecule has 0 aliphatic carbocycles. The van der Waals surface area contributed by atoms with Crippen molar-refractivity contribution in [2.75, 3.05) is 6.61 Å². The van der Waals surface area contributed by atoms with E-state index in [1.807, 2.05) is 0 Å². The first kappa shape index (κ1) is 23.4. The maximum Gasteiger partial charge on any atom is 0.333 e. The van der Waals surface area contributed by atoms with E-state index in [1.54, 1.807) is 20.0 Å². The molecule has 6 nitrogen and oxygen atoms in total. The molecule has 0 radical (unpaired) electrons. The van der Waals surface area contributed by atoms with Crippen molar-refractivity contribution in [3.63, 3.8) is 0 Å². The van der Waals surface area contributed by atoms with E-state index in [2.05, 4.69) is 40.8 Å². The molecule has 8 heteroatoms. The third kappa shape index (κ3) is 4.32. The van der Waals surface area contributed by atoms with Crippen LogP contribution in [0.25, 0.3) is 0 Å². The molecule has 0 aromatic carbocycles. The average molecular weight is 431 g/mol. The number of alkyl halides is 1. The largest absolute Gasteiger partial charge is 0.414 e. The van der Waals surface area contributed by atoms with Crippen LogP contribution in [0.4, 0.5) is 0 Å². The van der Waals surface area contributed by atoms with Gasteiger partial charge in [-0.2, -0.15) is 0 Å². The summed E-state index contributed by atoms with van der Waals surface area (Å²) in [5.41, 5.74) is -0.0972. The van der Waals surface area contributed by atoms with Gasteiger partial charge >= 0.3 is 5.69 Å². The summed E-state index contributed by atoms with van der Waals surface area (Å²) in [6.07, 6.45) is 1.32. The number of halogens is 1. The summed E-state index contributed by atoms with van der Waals surface area (Å²) in [6.45, 7) is 17.7. The predicted molar refractivity (Wildman–Crippen MR) is 116 cm³/mol. The number of hydrogen-bond acceptors (Lipinski definition) is 4. The van der Waals surface area contributed by atoms with Crippen LogP contribution in [0.5, 0.6) is 0 Å². The predicted octanol–water partition coefficient (Wildman–Crippen LogP) is 3.89. The molecule has 1 fully saturated rings. The third-order valence-electron chi connectivity index (χ3n) is 6.76. The molecule has 1 aromatic heterocycles. The Morgan fingerprint density at radius 2 is 1.96 bits per heavy atom. The van der Waals surface area contributed by atoms with Crippen LogP contribution in [0.15, 0.2) is 15.8 Å². The Morgan fingerprint density at radius 1 is 1.36 bits per heavy atom. The number of nitrogens with zero attached hydrogens (tertiary/aromatic N) is 2. The van der Waals surface area contributed by atoms with Gasteiger partial charge in [-0.15, -0.1) is 11.6 Å². The number of ether oxygens (including phenoxy) is 1. The summed E-state index contributed by atoms with van der Waals surface area (Å²) >= 11 is 6.55.